The number of carbonyl (C=O) groups excluding carboxylic acids is 2. The maximum absolute atomic E-state index is 11.6. The second kappa shape index (κ2) is 7.75. The Balaban J connectivity index is 1.77. The molecular formula is C13H11BrN4O2S. The van der Waals surface area contributed by atoms with Crippen LogP contribution in [0, 0.1) is 0 Å². The fourth-order valence-electron chi connectivity index (χ4n) is 1.36. The number of hydrogen-bond donors (Lipinski definition) is 2. The van der Waals surface area contributed by atoms with Crippen LogP contribution in [0.3, 0.4) is 0 Å². The summed E-state index contributed by atoms with van der Waals surface area (Å²) in [6, 6.07) is 6.47. The summed E-state index contributed by atoms with van der Waals surface area (Å²) in [6.07, 6.45) is 4.65. The minimum absolute atomic E-state index is 0.0897. The van der Waals surface area contributed by atoms with Crippen molar-refractivity contribution in [2.75, 3.05) is 11.1 Å². The van der Waals surface area contributed by atoms with E-state index in [1.54, 1.807) is 42.9 Å². The maximum atomic E-state index is 11.6. The summed E-state index contributed by atoms with van der Waals surface area (Å²) >= 11 is 4.51. The summed E-state index contributed by atoms with van der Waals surface area (Å²) in [4.78, 5) is 31.2. The van der Waals surface area contributed by atoms with E-state index in [1.807, 2.05) is 0 Å². The van der Waals surface area contributed by atoms with Crippen LogP contribution >= 0.6 is 27.7 Å². The Morgan fingerprint density at radius 3 is 2.62 bits per heavy atom. The molecule has 3 amide bonds. The molecule has 1 aromatic heterocycles. The van der Waals surface area contributed by atoms with Crippen molar-refractivity contribution in [2.24, 2.45) is 0 Å². The molecule has 0 aliphatic rings. The van der Waals surface area contributed by atoms with Gasteiger partial charge in [-0.1, -0.05) is 27.7 Å². The van der Waals surface area contributed by atoms with Crippen molar-refractivity contribution >= 4 is 45.3 Å². The molecule has 2 aromatic rings. The van der Waals surface area contributed by atoms with Gasteiger partial charge in [0.2, 0.25) is 5.91 Å². The van der Waals surface area contributed by atoms with E-state index in [0.717, 1.165) is 4.47 Å². The second-order valence-corrected chi connectivity index (χ2v) is 5.75. The van der Waals surface area contributed by atoms with Gasteiger partial charge >= 0.3 is 6.03 Å². The van der Waals surface area contributed by atoms with Crippen molar-refractivity contribution in [1.82, 2.24) is 15.3 Å². The summed E-state index contributed by atoms with van der Waals surface area (Å²) in [7, 11) is 0. The zero-order valence-corrected chi connectivity index (χ0v) is 13.1. The predicted molar refractivity (Wildman–Crippen MR) is 84.1 cm³/mol. The number of thioether (sulfide) groups is 1. The van der Waals surface area contributed by atoms with E-state index in [9.17, 15) is 9.59 Å². The quantitative estimate of drug-likeness (QED) is 0.812. The highest BCUT2D eigenvalue weighted by atomic mass is 79.9. The van der Waals surface area contributed by atoms with Crippen molar-refractivity contribution < 1.29 is 9.59 Å². The van der Waals surface area contributed by atoms with E-state index in [-0.39, 0.29) is 5.75 Å². The second-order valence-electron chi connectivity index (χ2n) is 3.84. The van der Waals surface area contributed by atoms with Gasteiger partial charge in [-0.25, -0.2) is 9.78 Å². The minimum atomic E-state index is -0.568. The van der Waals surface area contributed by atoms with Gasteiger partial charge in [-0.05, 0) is 24.3 Å². The summed E-state index contributed by atoms with van der Waals surface area (Å²) < 4.78 is 0.907. The van der Waals surface area contributed by atoms with Crippen LogP contribution < -0.4 is 10.6 Å². The van der Waals surface area contributed by atoms with E-state index in [1.165, 1.54) is 11.8 Å². The number of aromatic nitrogens is 2. The number of hydrogen-bond acceptors (Lipinski definition) is 5. The van der Waals surface area contributed by atoms with E-state index in [4.69, 9.17) is 0 Å². The fraction of sp³-hybridized carbons (Fsp3) is 0.0769. The molecule has 0 saturated carbocycles. The third-order valence-corrected chi connectivity index (χ3v) is 3.69. The van der Waals surface area contributed by atoms with Gasteiger partial charge in [0.25, 0.3) is 0 Å². The molecule has 0 saturated heterocycles. The molecule has 0 radical (unpaired) electrons. The number of nitrogens with zero attached hydrogens (tertiary/aromatic N) is 2. The van der Waals surface area contributed by atoms with Gasteiger partial charge in [-0.15, -0.1) is 0 Å². The van der Waals surface area contributed by atoms with Gasteiger partial charge in [0.05, 0.1) is 11.9 Å². The fourth-order valence-corrected chi connectivity index (χ4v) is 2.24. The zero-order valence-electron chi connectivity index (χ0n) is 10.7. The number of carbonyl (C=O) groups is 2. The molecule has 6 nitrogen and oxygen atoms in total. The molecule has 21 heavy (non-hydrogen) atoms. The largest absolute Gasteiger partial charge is 0.325 e. The van der Waals surface area contributed by atoms with Crippen LogP contribution in [-0.2, 0) is 4.79 Å². The SMILES string of the molecule is O=C(CSc1cnccn1)NC(=O)Nc1ccc(Br)cc1. The Hall–Kier alpha value is -1.93. The van der Waals surface area contributed by atoms with Gasteiger partial charge in [0.1, 0.15) is 5.03 Å². The molecule has 0 atom stereocenters. The molecular weight excluding hydrogens is 356 g/mol. The predicted octanol–water partition coefficient (Wildman–Crippen LogP) is 2.68. The van der Waals surface area contributed by atoms with Crippen LogP contribution in [0.25, 0.3) is 0 Å². The lowest BCUT2D eigenvalue weighted by Gasteiger charge is -2.06. The Bertz CT molecular complexity index is 622. The van der Waals surface area contributed by atoms with Crippen molar-refractivity contribution in [3.8, 4) is 0 Å². The van der Waals surface area contributed by atoms with Crippen molar-refractivity contribution in [2.45, 2.75) is 5.03 Å². The Morgan fingerprint density at radius 1 is 1.19 bits per heavy atom. The molecule has 0 aliphatic carbocycles. The Morgan fingerprint density at radius 2 is 1.95 bits per heavy atom. The highest BCUT2D eigenvalue weighted by molar-refractivity contribution is 9.10. The highest BCUT2D eigenvalue weighted by Crippen LogP contribution is 2.14. The van der Waals surface area contributed by atoms with Gasteiger partial charge in [-0.3, -0.25) is 15.1 Å². The summed E-state index contributed by atoms with van der Waals surface area (Å²) in [5.41, 5.74) is 0.602. The molecule has 0 unspecified atom stereocenters. The number of nitrogens with one attached hydrogen (secondary N) is 2. The molecule has 2 rings (SSSR count). The van der Waals surface area contributed by atoms with Crippen molar-refractivity contribution in [1.29, 1.82) is 0 Å². The lowest BCUT2D eigenvalue weighted by molar-refractivity contribution is -0.117. The molecule has 0 aliphatic heterocycles. The number of anilines is 1. The number of amides is 3. The van der Waals surface area contributed by atoms with Crippen molar-refractivity contribution in [3.63, 3.8) is 0 Å². The summed E-state index contributed by atoms with van der Waals surface area (Å²) in [5.74, 6) is -0.313. The number of rotatable bonds is 4. The van der Waals surface area contributed by atoms with E-state index in [2.05, 4.69) is 36.5 Å². The number of imide groups is 1. The first-order valence-corrected chi connectivity index (χ1v) is 7.66. The maximum Gasteiger partial charge on any atom is 0.325 e. The van der Waals surface area contributed by atoms with Gasteiger partial charge in [-0.2, -0.15) is 0 Å². The lowest BCUT2D eigenvalue weighted by atomic mass is 10.3. The van der Waals surface area contributed by atoms with E-state index in [0.29, 0.717) is 10.7 Å². The molecule has 8 heteroatoms. The van der Waals surface area contributed by atoms with Crippen LogP contribution in [0.15, 0.2) is 52.4 Å². The van der Waals surface area contributed by atoms with Gasteiger partial charge in [0, 0.05) is 22.6 Å². The standard InChI is InChI=1S/C13H11BrN4O2S/c14-9-1-3-10(4-2-9)17-13(20)18-11(19)8-21-12-7-15-5-6-16-12/h1-7H,8H2,(H2,17,18,19,20). The first-order valence-electron chi connectivity index (χ1n) is 5.89. The molecule has 108 valence electrons. The monoisotopic (exact) mass is 366 g/mol. The number of urea groups is 1. The molecule has 2 N–H and O–H groups in total. The molecule has 0 bridgehead atoms. The van der Waals surface area contributed by atoms with Gasteiger partial charge < -0.3 is 5.32 Å². The Labute approximate surface area is 133 Å². The number of halogens is 1. The first-order chi connectivity index (χ1) is 10.1. The van der Waals surface area contributed by atoms with Crippen molar-refractivity contribution in [3.05, 3.63) is 47.3 Å². The highest BCUT2D eigenvalue weighted by Gasteiger charge is 2.09. The average Bonchev–Trinajstić information content (AvgIpc) is 2.48. The molecule has 1 heterocycles. The summed E-state index contributed by atoms with van der Waals surface area (Å²) in [6.45, 7) is 0. The number of benzene rings is 1. The zero-order chi connectivity index (χ0) is 15.1. The van der Waals surface area contributed by atoms with Crippen LogP contribution in [0.4, 0.5) is 10.5 Å². The van der Waals surface area contributed by atoms with Crippen LogP contribution in [-0.4, -0.2) is 27.7 Å². The van der Waals surface area contributed by atoms with Crippen LogP contribution in [0.2, 0.25) is 0 Å². The van der Waals surface area contributed by atoms with E-state index < -0.39 is 11.9 Å². The Kier molecular flexibility index (Phi) is 5.70. The normalized spacial score (nSPS) is 9.95. The average molecular weight is 367 g/mol. The van der Waals surface area contributed by atoms with Gasteiger partial charge in [0.15, 0.2) is 0 Å². The third-order valence-electron chi connectivity index (χ3n) is 2.25. The smallest absolute Gasteiger partial charge is 0.308 e. The molecule has 0 fully saturated rings. The van der Waals surface area contributed by atoms with E-state index >= 15 is 0 Å². The topological polar surface area (TPSA) is 84.0 Å². The minimum Gasteiger partial charge on any atom is -0.308 e. The third kappa shape index (κ3) is 5.52. The molecule has 0 spiro atoms. The lowest BCUT2D eigenvalue weighted by Crippen LogP contribution is -2.35. The van der Waals surface area contributed by atoms with Crippen LogP contribution in [0.1, 0.15) is 0 Å². The summed E-state index contributed by atoms with van der Waals surface area (Å²) in [5, 5.41) is 5.44. The van der Waals surface area contributed by atoms with Crippen LogP contribution in [0.5, 0.6) is 0 Å². The molecule has 1 aromatic carbocycles. The first kappa shape index (κ1) is 15.5.